The van der Waals surface area contributed by atoms with Crippen LogP contribution in [0.1, 0.15) is 37.8 Å². The summed E-state index contributed by atoms with van der Waals surface area (Å²) >= 11 is 0. The van der Waals surface area contributed by atoms with Gasteiger partial charge in [-0.1, -0.05) is 13.8 Å². The molecule has 1 N–H and O–H groups in total. The minimum atomic E-state index is -0.923. The molecule has 0 saturated heterocycles. The quantitative estimate of drug-likeness (QED) is 0.912. The molecule has 0 spiro atoms. The average molecular weight is 277 g/mol. The highest BCUT2D eigenvalue weighted by atomic mass is 16.5. The van der Waals surface area contributed by atoms with Crippen molar-refractivity contribution in [2.75, 3.05) is 18.6 Å². The van der Waals surface area contributed by atoms with Gasteiger partial charge in [0.05, 0.1) is 12.3 Å². The lowest BCUT2D eigenvalue weighted by Crippen LogP contribution is -2.26. The first-order chi connectivity index (χ1) is 9.50. The number of rotatable bonds is 4. The number of fused-ring (bicyclic) bond motifs is 1. The van der Waals surface area contributed by atoms with E-state index in [4.69, 9.17) is 4.74 Å². The third-order valence-corrected chi connectivity index (χ3v) is 3.69. The highest BCUT2D eigenvalue weighted by Crippen LogP contribution is 2.36. The van der Waals surface area contributed by atoms with Crippen molar-refractivity contribution in [3.05, 3.63) is 23.3 Å². The summed E-state index contributed by atoms with van der Waals surface area (Å²) in [6.07, 6.45) is 3.24. The van der Waals surface area contributed by atoms with E-state index in [0.29, 0.717) is 12.5 Å². The van der Waals surface area contributed by atoms with Crippen LogP contribution in [0, 0.1) is 5.92 Å². The van der Waals surface area contributed by atoms with Crippen LogP contribution in [-0.2, 0) is 12.8 Å². The highest BCUT2D eigenvalue weighted by molar-refractivity contribution is 5.87. The van der Waals surface area contributed by atoms with Gasteiger partial charge in [0.15, 0.2) is 0 Å². The Hall–Kier alpha value is -1.71. The van der Waals surface area contributed by atoms with Crippen LogP contribution in [0.15, 0.2) is 12.1 Å². The second-order valence-corrected chi connectivity index (χ2v) is 5.79. The summed E-state index contributed by atoms with van der Waals surface area (Å²) in [7, 11) is 1.60. The van der Waals surface area contributed by atoms with Crippen molar-refractivity contribution in [2.24, 2.45) is 5.92 Å². The van der Waals surface area contributed by atoms with Crippen LogP contribution in [0.4, 0.5) is 10.5 Å². The van der Waals surface area contributed by atoms with Crippen molar-refractivity contribution in [1.82, 2.24) is 0 Å². The molecule has 1 aromatic rings. The number of carboxylic acid groups (broad SMARTS) is 1. The fourth-order valence-electron chi connectivity index (χ4n) is 2.62. The largest absolute Gasteiger partial charge is 0.493 e. The molecule has 0 saturated carbocycles. The summed E-state index contributed by atoms with van der Waals surface area (Å²) in [6.45, 7) is 4.94. The fourth-order valence-corrected chi connectivity index (χ4v) is 2.62. The summed E-state index contributed by atoms with van der Waals surface area (Å²) in [5.74, 6) is 1.41. The van der Waals surface area contributed by atoms with E-state index >= 15 is 0 Å². The molecule has 1 aliphatic carbocycles. The molecule has 110 valence electrons. The third kappa shape index (κ3) is 3.06. The Morgan fingerprint density at radius 3 is 2.55 bits per heavy atom. The lowest BCUT2D eigenvalue weighted by molar-refractivity contribution is 0.203. The van der Waals surface area contributed by atoms with Gasteiger partial charge in [-0.3, -0.25) is 4.90 Å². The van der Waals surface area contributed by atoms with Crippen LogP contribution in [-0.4, -0.2) is 24.9 Å². The number of nitrogens with zero attached hydrogens (tertiary/aromatic N) is 1. The zero-order valence-electron chi connectivity index (χ0n) is 12.5. The molecule has 0 fully saturated rings. The van der Waals surface area contributed by atoms with Crippen molar-refractivity contribution in [1.29, 1.82) is 0 Å². The Morgan fingerprint density at radius 2 is 1.95 bits per heavy atom. The van der Waals surface area contributed by atoms with Crippen LogP contribution < -0.4 is 9.64 Å². The summed E-state index contributed by atoms with van der Waals surface area (Å²) in [6, 6.07) is 3.79. The maximum absolute atomic E-state index is 11.2. The van der Waals surface area contributed by atoms with E-state index < -0.39 is 6.09 Å². The molecule has 0 aliphatic heterocycles. The number of amides is 1. The maximum atomic E-state index is 11.2. The van der Waals surface area contributed by atoms with Crippen molar-refractivity contribution in [3.63, 3.8) is 0 Å². The molecule has 1 aromatic carbocycles. The number of benzene rings is 1. The van der Waals surface area contributed by atoms with Crippen molar-refractivity contribution in [2.45, 2.75) is 39.5 Å². The molecule has 1 aliphatic rings. The van der Waals surface area contributed by atoms with Gasteiger partial charge in [-0.15, -0.1) is 0 Å². The van der Waals surface area contributed by atoms with Crippen molar-refractivity contribution in [3.8, 4) is 5.75 Å². The normalized spacial score (nSPS) is 14.0. The minimum absolute atomic E-state index is 0.482. The first-order valence-corrected chi connectivity index (χ1v) is 7.25. The molecule has 0 unspecified atom stereocenters. The third-order valence-electron chi connectivity index (χ3n) is 3.69. The van der Waals surface area contributed by atoms with E-state index in [-0.39, 0.29) is 0 Å². The number of carbonyl (C=O) groups is 1. The summed E-state index contributed by atoms with van der Waals surface area (Å²) < 4.78 is 5.90. The molecule has 0 radical (unpaired) electrons. The summed E-state index contributed by atoms with van der Waals surface area (Å²) in [4.78, 5) is 12.5. The predicted molar refractivity (Wildman–Crippen MR) is 79.8 cm³/mol. The molecule has 0 aromatic heterocycles. The van der Waals surface area contributed by atoms with Gasteiger partial charge >= 0.3 is 6.09 Å². The Labute approximate surface area is 120 Å². The molecular weight excluding hydrogens is 254 g/mol. The molecular formula is C16H23NO3. The highest BCUT2D eigenvalue weighted by Gasteiger charge is 2.22. The van der Waals surface area contributed by atoms with Gasteiger partial charge in [0, 0.05) is 7.05 Å². The van der Waals surface area contributed by atoms with E-state index in [1.807, 2.05) is 12.1 Å². The standard InChI is InChI=1S/C16H23NO3/c1-11(2)10-20-15-9-8-14(17(3)16(18)19)12-6-4-5-7-13(12)15/h8-9,11H,4-7,10H2,1-3H3,(H,18,19). The van der Waals surface area contributed by atoms with Crippen LogP contribution >= 0.6 is 0 Å². The van der Waals surface area contributed by atoms with E-state index in [2.05, 4.69) is 13.8 Å². The molecule has 0 bridgehead atoms. The van der Waals surface area contributed by atoms with Gasteiger partial charge in [0.1, 0.15) is 5.75 Å². The molecule has 0 heterocycles. The van der Waals surface area contributed by atoms with Gasteiger partial charge in [0.25, 0.3) is 0 Å². The number of hydrogen-bond acceptors (Lipinski definition) is 2. The lowest BCUT2D eigenvalue weighted by Gasteiger charge is -2.26. The van der Waals surface area contributed by atoms with E-state index in [1.54, 1.807) is 7.05 Å². The van der Waals surface area contributed by atoms with E-state index in [9.17, 15) is 9.90 Å². The predicted octanol–water partition coefficient (Wildman–Crippen LogP) is 3.71. The Morgan fingerprint density at radius 1 is 1.30 bits per heavy atom. The van der Waals surface area contributed by atoms with Crippen LogP contribution in [0.25, 0.3) is 0 Å². The Balaban J connectivity index is 2.36. The number of anilines is 1. The topological polar surface area (TPSA) is 49.8 Å². The smallest absolute Gasteiger partial charge is 0.411 e. The van der Waals surface area contributed by atoms with Crippen LogP contribution in [0.2, 0.25) is 0 Å². The van der Waals surface area contributed by atoms with Gasteiger partial charge in [0.2, 0.25) is 0 Å². The minimum Gasteiger partial charge on any atom is -0.493 e. The second kappa shape index (κ2) is 6.16. The molecule has 20 heavy (non-hydrogen) atoms. The Kier molecular flexibility index (Phi) is 4.53. The summed E-state index contributed by atoms with van der Waals surface area (Å²) in [5, 5.41) is 9.18. The van der Waals surface area contributed by atoms with E-state index in [0.717, 1.165) is 42.7 Å². The number of ether oxygens (including phenoxy) is 1. The first kappa shape index (κ1) is 14.7. The average Bonchev–Trinajstić information content (AvgIpc) is 2.43. The van der Waals surface area contributed by atoms with Gasteiger partial charge in [-0.05, 0) is 54.9 Å². The second-order valence-electron chi connectivity index (χ2n) is 5.79. The molecule has 0 atom stereocenters. The summed E-state index contributed by atoms with van der Waals surface area (Å²) in [5.41, 5.74) is 3.13. The van der Waals surface area contributed by atoms with Gasteiger partial charge in [-0.2, -0.15) is 0 Å². The molecule has 4 heteroatoms. The lowest BCUT2D eigenvalue weighted by atomic mass is 9.89. The molecule has 1 amide bonds. The van der Waals surface area contributed by atoms with Crippen molar-refractivity contribution < 1.29 is 14.6 Å². The molecule has 4 nitrogen and oxygen atoms in total. The van der Waals surface area contributed by atoms with Crippen molar-refractivity contribution >= 4 is 11.8 Å². The monoisotopic (exact) mass is 277 g/mol. The Bertz CT molecular complexity index is 497. The SMILES string of the molecule is CC(C)COc1ccc(N(C)C(=O)O)c2c1CCCC2. The zero-order valence-corrected chi connectivity index (χ0v) is 12.5. The van der Waals surface area contributed by atoms with Gasteiger partial charge < -0.3 is 9.84 Å². The first-order valence-electron chi connectivity index (χ1n) is 7.25. The zero-order chi connectivity index (χ0) is 14.7. The van der Waals surface area contributed by atoms with Crippen LogP contribution in [0.5, 0.6) is 5.75 Å². The molecule has 2 rings (SSSR count). The maximum Gasteiger partial charge on any atom is 0.411 e. The fraction of sp³-hybridized carbons (Fsp3) is 0.562. The number of hydrogen-bond donors (Lipinski definition) is 1. The van der Waals surface area contributed by atoms with Gasteiger partial charge in [-0.25, -0.2) is 4.79 Å². The van der Waals surface area contributed by atoms with Crippen LogP contribution in [0.3, 0.4) is 0 Å². The van der Waals surface area contributed by atoms with E-state index in [1.165, 1.54) is 10.5 Å².